The first kappa shape index (κ1) is 15.2. The van der Waals surface area contributed by atoms with Crippen LogP contribution in [0.4, 0.5) is 5.69 Å². The van der Waals surface area contributed by atoms with Crippen molar-refractivity contribution < 1.29 is 13.2 Å². The van der Waals surface area contributed by atoms with E-state index in [1.54, 1.807) is 18.0 Å². The van der Waals surface area contributed by atoms with Gasteiger partial charge in [-0.2, -0.15) is 0 Å². The van der Waals surface area contributed by atoms with Crippen molar-refractivity contribution in [3.8, 4) is 0 Å². The van der Waals surface area contributed by atoms with Crippen LogP contribution in [0.3, 0.4) is 0 Å². The van der Waals surface area contributed by atoms with Gasteiger partial charge in [0.1, 0.15) is 9.84 Å². The zero-order valence-corrected chi connectivity index (χ0v) is 13.0. The molecular formula is C12H16BrNO3S. The van der Waals surface area contributed by atoms with E-state index in [-0.39, 0.29) is 11.5 Å². The van der Waals surface area contributed by atoms with Crippen molar-refractivity contribution >= 4 is 37.2 Å². The third kappa shape index (κ3) is 4.42. The molecule has 0 heterocycles. The molecule has 0 unspecified atom stereocenters. The number of benzene rings is 1. The van der Waals surface area contributed by atoms with Crippen LogP contribution in [0.25, 0.3) is 0 Å². The number of carbonyl (C=O) groups excluding carboxylic acids is 1. The van der Waals surface area contributed by atoms with Crippen molar-refractivity contribution in [2.24, 2.45) is 0 Å². The lowest BCUT2D eigenvalue weighted by Gasteiger charge is -2.21. The van der Waals surface area contributed by atoms with Crippen LogP contribution in [0.15, 0.2) is 22.7 Å². The predicted molar refractivity (Wildman–Crippen MR) is 77.1 cm³/mol. The summed E-state index contributed by atoms with van der Waals surface area (Å²) in [7, 11) is -1.23. The molecule has 0 fully saturated rings. The summed E-state index contributed by atoms with van der Waals surface area (Å²) < 4.78 is 23.1. The summed E-state index contributed by atoms with van der Waals surface area (Å²) in [6, 6.07) is 5.39. The molecule has 0 spiro atoms. The van der Waals surface area contributed by atoms with Crippen molar-refractivity contribution in [1.29, 1.82) is 0 Å². The van der Waals surface area contributed by atoms with Gasteiger partial charge in [0, 0.05) is 35.6 Å². The molecule has 0 atom stereocenters. The Morgan fingerprint density at radius 3 is 2.50 bits per heavy atom. The van der Waals surface area contributed by atoms with Gasteiger partial charge >= 0.3 is 0 Å². The van der Waals surface area contributed by atoms with Crippen LogP contribution in [0, 0.1) is 0 Å². The van der Waals surface area contributed by atoms with Crippen molar-refractivity contribution in [3.05, 3.63) is 28.2 Å². The standard InChI is InChI=1S/C12H16BrNO3S/c1-9(15)11-8-10(13)4-5-12(11)14(2)6-7-18(3,16)17/h4-5,8H,6-7H2,1-3H3. The maximum absolute atomic E-state index is 11.6. The Balaban J connectivity index is 2.98. The van der Waals surface area contributed by atoms with E-state index in [4.69, 9.17) is 0 Å². The Labute approximate surface area is 116 Å². The summed E-state index contributed by atoms with van der Waals surface area (Å²) in [6.45, 7) is 1.86. The monoisotopic (exact) mass is 333 g/mol. The second-order valence-corrected chi connectivity index (χ2v) is 7.44. The number of sulfone groups is 1. The molecule has 1 aromatic rings. The highest BCUT2D eigenvalue weighted by atomic mass is 79.9. The second kappa shape index (κ2) is 5.84. The number of hydrogen-bond donors (Lipinski definition) is 0. The Bertz CT molecular complexity index is 554. The Morgan fingerprint density at radius 1 is 1.39 bits per heavy atom. The van der Waals surface area contributed by atoms with Crippen molar-refractivity contribution in [2.45, 2.75) is 6.92 Å². The van der Waals surface area contributed by atoms with Gasteiger partial charge in [-0.3, -0.25) is 4.79 Å². The van der Waals surface area contributed by atoms with Gasteiger partial charge in [0.05, 0.1) is 5.75 Å². The molecule has 18 heavy (non-hydrogen) atoms. The number of carbonyl (C=O) groups is 1. The summed E-state index contributed by atoms with van der Waals surface area (Å²) in [5, 5.41) is 0. The molecule has 0 saturated heterocycles. The first-order valence-corrected chi connectivity index (χ1v) is 8.25. The molecule has 0 aliphatic carbocycles. The number of nitrogens with zero attached hydrogens (tertiary/aromatic N) is 1. The normalized spacial score (nSPS) is 11.3. The van der Waals surface area contributed by atoms with E-state index in [0.29, 0.717) is 12.1 Å². The van der Waals surface area contributed by atoms with Crippen molar-refractivity contribution in [2.75, 3.05) is 30.5 Å². The molecule has 0 aliphatic heterocycles. The summed E-state index contributed by atoms with van der Waals surface area (Å²) in [6.07, 6.45) is 1.20. The Morgan fingerprint density at radius 2 is 2.00 bits per heavy atom. The van der Waals surface area contributed by atoms with Gasteiger partial charge < -0.3 is 4.90 Å². The lowest BCUT2D eigenvalue weighted by Crippen LogP contribution is -2.26. The average molecular weight is 334 g/mol. The molecule has 0 radical (unpaired) electrons. The minimum atomic E-state index is -3.00. The van der Waals surface area contributed by atoms with Gasteiger partial charge in [-0.05, 0) is 25.1 Å². The summed E-state index contributed by atoms with van der Waals surface area (Å²) >= 11 is 3.32. The second-order valence-electron chi connectivity index (χ2n) is 4.27. The summed E-state index contributed by atoms with van der Waals surface area (Å²) in [4.78, 5) is 13.3. The van der Waals surface area contributed by atoms with Crippen LogP contribution in [0.1, 0.15) is 17.3 Å². The lowest BCUT2D eigenvalue weighted by molar-refractivity contribution is 0.101. The van der Waals surface area contributed by atoms with Crippen molar-refractivity contribution in [1.82, 2.24) is 0 Å². The fourth-order valence-electron chi connectivity index (χ4n) is 1.55. The summed E-state index contributed by atoms with van der Waals surface area (Å²) in [5.41, 5.74) is 1.33. The van der Waals surface area contributed by atoms with E-state index >= 15 is 0 Å². The Hall–Kier alpha value is -0.880. The van der Waals surface area contributed by atoms with E-state index in [0.717, 1.165) is 10.2 Å². The zero-order valence-electron chi connectivity index (χ0n) is 10.6. The fraction of sp³-hybridized carbons (Fsp3) is 0.417. The maximum Gasteiger partial charge on any atom is 0.161 e. The van der Waals surface area contributed by atoms with Gasteiger partial charge in [0.25, 0.3) is 0 Å². The fourth-order valence-corrected chi connectivity index (χ4v) is 2.51. The number of halogens is 1. The van der Waals surface area contributed by atoms with Crippen LogP contribution in [0.2, 0.25) is 0 Å². The zero-order chi connectivity index (χ0) is 13.9. The van der Waals surface area contributed by atoms with Gasteiger partial charge in [0.15, 0.2) is 5.78 Å². The van der Waals surface area contributed by atoms with E-state index < -0.39 is 9.84 Å². The van der Waals surface area contributed by atoms with Crippen LogP contribution in [-0.4, -0.2) is 39.8 Å². The molecule has 0 amide bonds. The lowest BCUT2D eigenvalue weighted by atomic mass is 10.1. The maximum atomic E-state index is 11.6. The van der Waals surface area contributed by atoms with E-state index in [1.165, 1.54) is 13.2 Å². The number of hydrogen-bond acceptors (Lipinski definition) is 4. The number of rotatable bonds is 5. The van der Waals surface area contributed by atoms with Gasteiger partial charge in [-0.25, -0.2) is 8.42 Å². The third-order valence-corrected chi connectivity index (χ3v) is 3.96. The van der Waals surface area contributed by atoms with Crippen LogP contribution in [0.5, 0.6) is 0 Å². The molecule has 0 aromatic heterocycles. The van der Waals surface area contributed by atoms with Crippen LogP contribution >= 0.6 is 15.9 Å². The third-order valence-electron chi connectivity index (χ3n) is 2.55. The number of anilines is 1. The molecule has 100 valence electrons. The molecule has 0 N–H and O–H groups in total. The van der Waals surface area contributed by atoms with E-state index in [1.807, 2.05) is 12.1 Å². The number of Topliss-reactive ketones (excluding diaryl/α,β-unsaturated/α-hetero) is 1. The van der Waals surface area contributed by atoms with Gasteiger partial charge in [0.2, 0.25) is 0 Å². The first-order chi connectivity index (χ1) is 8.20. The number of ketones is 1. The molecular weight excluding hydrogens is 318 g/mol. The molecule has 0 saturated carbocycles. The molecule has 4 nitrogen and oxygen atoms in total. The molecule has 0 bridgehead atoms. The quantitative estimate of drug-likeness (QED) is 0.774. The largest absolute Gasteiger partial charge is 0.373 e. The van der Waals surface area contributed by atoms with E-state index in [2.05, 4.69) is 15.9 Å². The van der Waals surface area contributed by atoms with Crippen LogP contribution < -0.4 is 4.90 Å². The topological polar surface area (TPSA) is 54.5 Å². The van der Waals surface area contributed by atoms with Gasteiger partial charge in [-0.15, -0.1) is 0 Å². The molecule has 6 heteroatoms. The van der Waals surface area contributed by atoms with Crippen molar-refractivity contribution in [3.63, 3.8) is 0 Å². The highest BCUT2D eigenvalue weighted by Gasteiger charge is 2.13. The molecule has 1 aromatic carbocycles. The minimum absolute atomic E-state index is 0.0440. The SMILES string of the molecule is CC(=O)c1cc(Br)ccc1N(C)CCS(C)(=O)=O. The van der Waals surface area contributed by atoms with Crippen LogP contribution in [-0.2, 0) is 9.84 Å². The average Bonchev–Trinajstić information content (AvgIpc) is 2.24. The highest BCUT2D eigenvalue weighted by Crippen LogP contribution is 2.24. The Kier molecular flexibility index (Phi) is 4.92. The summed E-state index contributed by atoms with van der Waals surface area (Å²) in [5.74, 6) is 0.0224. The first-order valence-electron chi connectivity index (χ1n) is 5.40. The minimum Gasteiger partial charge on any atom is -0.373 e. The molecule has 1 rings (SSSR count). The molecule has 0 aliphatic rings. The highest BCUT2D eigenvalue weighted by molar-refractivity contribution is 9.10. The van der Waals surface area contributed by atoms with Gasteiger partial charge in [-0.1, -0.05) is 15.9 Å². The van der Waals surface area contributed by atoms with E-state index in [9.17, 15) is 13.2 Å². The predicted octanol–water partition coefficient (Wildman–Crippen LogP) is 2.13. The smallest absolute Gasteiger partial charge is 0.161 e.